The van der Waals surface area contributed by atoms with Crippen molar-refractivity contribution in [3.8, 4) is 5.75 Å². The van der Waals surface area contributed by atoms with E-state index < -0.39 is 0 Å². The monoisotopic (exact) mass is 251 g/mol. The molecule has 2 nitrogen and oxygen atoms in total. The molecule has 0 unspecified atom stereocenters. The summed E-state index contributed by atoms with van der Waals surface area (Å²) in [6.07, 6.45) is 0. The Morgan fingerprint density at radius 2 is 1.84 bits per heavy atom. The first-order chi connectivity index (χ1) is 9.28. The van der Waals surface area contributed by atoms with Gasteiger partial charge in [-0.05, 0) is 42.1 Å². The Bertz CT molecular complexity index is 712. The molecule has 0 N–H and O–H groups in total. The molecule has 1 aromatic heterocycles. The lowest BCUT2D eigenvalue weighted by atomic mass is 10.2. The lowest BCUT2D eigenvalue weighted by Crippen LogP contribution is -2.01. The Morgan fingerprint density at radius 3 is 2.68 bits per heavy atom. The molecular weight excluding hydrogens is 234 g/mol. The highest BCUT2D eigenvalue weighted by Gasteiger charge is 2.05. The van der Waals surface area contributed by atoms with E-state index in [1.165, 1.54) is 22.2 Å². The largest absolute Gasteiger partial charge is 0.497 e. The number of aryl methyl sites for hydroxylation is 1. The minimum Gasteiger partial charge on any atom is -0.497 e. The van der Waals surface area contributed by atoms with Gasteiger partial charge in [0.05, 0.1) is 7.11 Å². The first kappa shape index (κ1) is 11.8. The summed E-state index contributed by atoms with van der Waals surface area (Å²) in [6, 6.07) is 19.0. The van der Waals surface area contributed by atoms with Gasteiger partial charge in [-0.25, -0.2) is 0 Å². The SMILES string of the molecule is COc1cccc(Cn2c(C)cc3ccccc32)c1. The number of hydrogen-bond acceptors (Lipinski definition) is 1. The first-order valence-electron chi connectivity index (χ1n) is 6.46. The van der Waals surface area contributed by atoms with Gasteiger partial charge in [0.25, 0.3) is 0 Å². The van der Waals surface area contributed by atoms with Crippen molar-refractivity contribution in [2.45, 2.75) is 13.5 Å². The van der Waals surface area contributed by atoms with Crippen LogP contribution < -0.4 is 4.74 Å². The molecule has 2 heteroatoms. The molecule has 0 aliphatic carbocycles. The first-order valence-corrected chi connectivity index (χ1v) is 6.46. The summed E-state index contributed by atoms with van der Waals surface area (Å²) in [7, 11) is 1.70. The summed E-state index contributed by atoms with van der Waals surface area (Å²) in [4.78, 5) is 0. The fourth-order valence-electron chi connectivity index (χ4n) is 2.51. The maximum absolute atomic E-state index is 5.28. The molecule has 0 fully saturated rings. The summed E-state index contributed by atoms with van der Waals surface area (Å²) in [5.74, 6) is 0.909. The lowest BCUT2D eigenvalue weighted by molar-refractivity contribution is 0.414. The highest BCUT2D eigenvalue weighted by atomic mass is 16.5. The zero-order valence-electron chi connectivity index (χ0n) is 11.3. The Labute approximate surface area is 113 Å². The van der Waals surface area contributed by atoms with E-state index in [4.69, 9.17) is 4.74 Å². The normalized spacial score (nSPS) is 10.8. The maximum atomic E-state index is 5.28. The van der Waals surface area contributed by atoms with E-state index >= 15 is 0 Å². The second-order valence-corrected chi connectivity index (χ2v) is 4.78. The Balaban J connectivity index is 2.02. The number of aromatic nitrogens is 1. The van der Waals surface area contributed by atoms with Crippen LogP contribution in [0, 0.1) is 6.92 Å². The van der Waals surface area contributed by atoms with Crippen LogP contribution in [0.1, 0.15) is 11.3 Å². The van der Waals surface area contributed by atoms with Gasteiger partial charge < -0.3 is 9.30 Å². The number of methoxy groups -OCH3 is 1. The lowest BCUT2D eigenvalue weighted by Gasteiger charge is -2.09. The van der Waals surface area contributed by atoms with Crippen LogP contribution in [0.25, 0.3) is 10.9 Å². The minimum atomic E-state index is 0.872. The molecule has 0 saturated carbocycles. The topological polar surface area (TPSA) is 14.2 Å². The third-order valence-corrected chi connectivity index (χ3v) is 3.49. The minimum absolute atomic E-state index is 0.872. The Hall–Kier alpha value is -2.22. The summed E-state index contributed by atoms with van der Waals surface area (Å²) < 4.78 is 7.62. The van der Waals surface area contributed by atoms with E-state index in [0.29, 0.717) is 0 Å². The highest BCUT2D eigenvalue weighted by Crippen LogP contribution is 2.21. The van der Waals surface area contributed by atoms with Crippen molar-refractivity contribution in [2.24, 2.45) is 0 Å². The molecule has 0 aliphatic heterocycles. The Morgan fingerprint density at radius 1 is 1.00 bits per heavy atom. The van der Waals surface area contributed by atoms with Crippen LogP contribution in [-0.2, 0) is 6.54 Å². The molecule has 3 rings (SSSR count). The van der Waals surface area contributed by atoms with Crippen molar-refractivity contribution >= 4 is 10.9 Å². The van der Waals surface area contributed by atoms with E-state index in [1.54, 1.807) is 7.11 Å². The zero-order chi connectivity index (χ0) is 13.2. The average molecular weight is 251 g/mol. The standard InChI is InChI=1S/C17H17NO/c1-13-10-15-7-3-4-9-17(15)18(13)12-14-6-5-8-16(11-14)19-2/h3-11H,12H2,1-2H3. The van der Waals surface area contributed by atoms with Gasteiger partial charge in [-0.3, -0.25) is 0 Å². The second kappa shape index (κ2) is 4.81. The predicted molar refractivity (Wildman–Crippen MR) is 78.8 cm³/mol. The van der Waals surface area contributed by atoms with Crippen molar-refractivity contribution in [3.05, 3.63) is 65.9 Å². The van der Waals surface area contributed by atoms with Crippen molar-refractivity contribution in [1.82, 2.24) is 4.57 Å². The van der Waals surface area contributed by atoms with Gasteiger partial charge in [-0.15, -0.1) is 0 Å². The molecule has 3 aromatic rings. The summed E-state index contributed by atoms with van der Waals surface area (Å²) in [6.45, 7) is 3.02. The molecule has 19 heavy (non-hydrogen) atoms. The van der Waals surface area contributed by atoms with Crippen LogP contribution in [0.5, 0.6) is 5.75 Å². The molecule has 2 aromatic carbocycles. The van der Waals surface area contributed by atoms with E-state index in [1.807, 2.05) is 12.1 Å². The number of nitrogens with zero attached hydrogens (tertiary/aromatic N) is 1. The van der Waals surface area contributed by atoms with Gasteiger partial charge in [-0.1, -0.05) is 30.3 Å². The molecule has 0 bridgehead atoms. The number of fused-ring (bicyclic) bond motifs is 1. The van der Waals surface area contributed by atoms with Crippen LogP contribution in [0.2, 0.25) is 0 Å². The molecule has 0 spiro atoms. The van der Waals surface area contributed by atoms with Crippen LogP contribution in [0.4, 0.5) is 0 Å². The van der Waals surface area contributed by atoms with Crippen LogP contribution in [-0.4, -0.2) is 11.7 Å². The van der Waals surface area contributed by atoms with E-state index in [2.05, 4.69) is 54.0 Å². The number of hydrogen-bond donors (Lipinski definition) is 0. The van der Waals surface area contributed by atoms with Gasteiger partial charge in [0.1, 0.15) is 5.75 Å². The van der Waals surface area contributed by atoms with Crippen molar-refractivity contribution in [2.75, 3.05) is 7.11 Å². The predicted octanol–water partition coefficient (Wildman–Crippen LogP) is 4.01. The number of ether oxygens (including phenoxy) is 1. The van der Waals surface area contributed by atoms with E-state index in [0.717, 1.165) is 12.3 Å². The Kier molecular flexibility index (Phi) is 3.00. The van der Waals surface area contributed by atoms with Crippen LogP contribution >= 0.6 is 0 Å². The summed E-state index contributed by atoms with van der Waals surface area (Å²) >= 11 is 0. The molecule has 1 heterocycles. The second-order valence-electron chi connectivity index (χ2n) is 4.78. The fourth-order valence-corrected chi connectivity index (χ4v) is 2.51. The molecule has 0 radical (unpaired) electrons. The molecule has 0 atom stereocenters. The molecule has 96 valence electrons. The quantitative estimate of drug-likeness (QED) is 0.686. The van der Waals surface area contributed by atoms with Gasteiger partial charge >= 0.3 is 0 Å². The van der Waals surface area contributed by atoms with Crippen LogP contribution in [0.3, 0.4) is 0 Å². The zero-order valence-corrected chi connectivity index (χ0v) is 11.3. The van der Waals surface area contributed by atoms with Gasteiger partial charge in [0, 0.05) is 17.8 Å². The van der Waals surface area contributed by atoms with Crippen molar-refractivity contribution in [1.29, 1.82) is 0 Å². The third kappa shape index (κ3) is 2.22. The molecular formula is C17H17NO. The van der Waals surface area contributed by atoms with Crippen molar-refractivity contribution < 1.29 is 4.74 Å². The fraction of sp³-hybridized carbons (Fsp3) is 0.176. The average Bonchev–Trinajstić information content (AvgIpc) is 2.76. The summed E-state index contributed by atoms with van der Waals surface area (Å²) in [5, 5.41) is 1.29. The third-order valence-electron chi connectivity index (χ3n) is 3.49. The van der Waals surface area contributed by atoms with Gasteiger partial charge in [0.15, 0.2) is 0 Å². The maximum Gasteiger partial charge on any atom is 0.119 e. The van der Waals surface area contributed by atoms with Crippen molar-refractivity contribution in [3.63, 3.8) is 0 Å². The van der Waals surface area contributed by atoms with Gasteiger partial charge in [-0.2, -0.15) is 0 Å². The molecule has 0 amide bonds. The van der Waals surface area contributed by atoms with E-state index in [9.17, 15) is 0 Å². The molecule has 0 aliphatic rings. The number of rotatable bonds is 3. The van der Waals surface area contributed by atoms with Crippen LogP contribution in [0.15, 0.2) is 54.6 Å². The number of benzene rings is 2. The number of para-hydroxylation sites is 1. The van der Waals surface area contributed by atoms with Gasteiger partial charge in [0.2, 0.25) is 0 Å². The smallest absolute Gasteiger partial charge is 0.119 e. The molecule has 0 saturated heterocycles. The van der Waals surface area contributed by atoms with E-state index in [-0.39, 0.29) is 0 Å². The highest BCUT2D eigenvalue weighted by molar-refractivity contribution is 5.81. The summed E-state index contributed by atoms with van der Waals surface area (Å²) in [5.41, 5.74) is 3.82.